The van der Waals surface area contributed by atoms with Crippen molar-refractivity contribution in [2.24, 2.45) is 4.99 Å². The minimum Gasteiger partial charge on any atom is -0.381 e. The third-order valence-corrected chi connectivity index (χ3v) is 6.39. The number of nitrogens with zero attached hydrogens (tertiary/aromatic N) is 1. The zero-order valence-electron chi connectivity index (χ0n) is 17.8. The fourth-order valence-electron chi connectivity index (χ4n) is 3.74. The van der Waals surface area contributed by atoms with Crippen LogP contribution in [0.2, 0.25) is 0 Å². The van der Waals surface area contributed by atoms with Crippen molar-refractivity contribution in [1.82, 2.24) is 16.0 Å². The molecule has 0 amide bonds. The number of hydrogen-bond acceptors (Lipinski definition) is 4. The number of benzene rings is 1. The Morgan fingerprint density at radius 3 is 2.55 bits per heavy atom. The van der Waals surface area contributed by atoms with E-state index in [2.05, 4.69) is 79.2 Å². The second-order valence-corrected chi connectivity index (χ2v) is 9.10. The topological polar surface area (TPSA) is 57.7 Å². The van der Waals surface area contributed by atoms with Crippen molar-refractivity contribution in [2.45, 2.75) is 51.7 Å². The summed E-state index contributed by atoms with van der Waals surface area (Å²) < 4.78 is 5.66. The highest BCUT2D eigenvalue weighted by Crippen LogP contribution is 2.25. The van der Waals surface area contributed by atoms with Gasteiger partial charge in [0.05, 0.1) is 6.54 Å². The third kappa shape index (κ3) is 6.56. The fourth-order valence-corrected chi connectivity index (χ4v) is 4.56. The highest BCUT2D eigenvalue weighted by molar-refractivity contribution is 7.11. The Bertz CT molecular complexity index is 768. The van der Waals surface area contributed by atoms with Crippen LogP contribution in [0.25, 0.3) is 0 Å². The highest BCUT2D eigenvalue weighted by Gasteiger charge is 2.34. The smallest absolute Gasteiger partial charge is 0.191 e. The van der Waals surface area contributed by atoms with Crippen LogP contribution < -0.4 is 16.0 Å². The molecule has 0 saturated carbocycles. The first-order valence-corrected chi connectivity index (χ1v) is 11.4. The van der Waals surface area contributed by atoms with Crippen molar-refractivity contribution in [3.05, 3.63) is 57.8 Å². The van der Waals surface area contributed by atoms with E-state index < -0.39 is 0 Å². The molecule has 2 aromatic rings. The molecule has 2 heterocycles. The molecule has 0 aliphatic carbocycles. The van der Waals surface area contributed by atoms with Crippen molar-refractivity contribution in [3.8, 4) is 0 Å². The molecule has 0 spiro atoms. The molecule has 158 valence electrons. The molecule has 1 aliphatic rings. The zero-order chi connectivity index (χ0) is 20.5. The van der Waals surface area contributed by atoms with Gasteiger partial charge in [-0.2, -0.15) is 0 Å². The minimum atomic E-state index is -0.0107. The van der Waals surface area contributed by atoms with Gasteiger partial charge in [0.15, 0.2) is 5.96 Å². The summed E-state index contributed by atoms with van der Waals surface area (Å²) in [5, 5.41) is 10.9. The quantitative estimate of drug-likeness (QED) is 0.451. The maximum Gasteiger partial charge on any atom is 0.191 e. The van der Waals surface area contributed by atoms with E-state index in [-0.39, 0.29) is 11.6 Å². The summed E-state index contributed by atoms with van der Waals surface area (Å²) in [5.74, 6) is 0.874. The molecular weight excluding hydrogens is 380 g/mol. The van der Waals surface area contributed by atoms with Crippen LogP contribution in [0.3, 0.4) is 0 Å². The molecule has 1 atom stereocenters. The molecule has 3 N–H and O–H groups in total. The van der Waals surface area contributed by atoms with Crippen LogP contribution >= 0.6 is 11.3 Å². The molecule has 6 heteroatoms. The molecular formula is C23H34N4OS. The third-order valence-electron chi connectivity index (χ3n) is 5.40. The van der Waals surface area contributed by atoms with Gasteiger partial charge in [0.2, 0.25) is 0 Å². The van der Waals surface area contributed by atoms with Crippen LogP contribution in [-0.4, -0.2) is 37.8 Å². The van der Waals surface area contributed by atoms with E-state index in [0.717, 1.165) is 45.1 Å². The Balaban J connectivity index is 1.66. The highest BCUT2D eigenvalue weighted by atomic mass is 32.1. The van der Waals surface area contributed by atoms with Crippen molar-refractivity contribution < 1.29 is 4.74 Å². The Labute approximate surface area is 179 Å². The van der Waals surface area contributed by atoms with Gasteiger partial charge in [-0.3, -0.25) is 0 Å². The molecule has 0 bridgehead atoms. The second kappa shape index (κ2) is 10.8. The Morgan fingerprint density at radius 2 is 1.90 bits per heavy atom. The van der Waals surface area contributed by atoms with Crippen molar-refractivity contribution in [1.29, 1.82) is 0 Å². The summed E-state index contributed by atoms with van der Waals surface area (Å²) in [6.07, 6.45) is 1.97. The summed E-state index contributed by atoms with van der Waals surface area (Å²) in [5.41, 5.74) is 1.30. The summed E-state index contributed by atoms with van der Waals surface area (Å²) in [7, 11) is 0. The van der Waals surface area contributed by atoms with Crippen LogP contribution in [0.1, 0.15) is 48.0 Å². The number of ether oxygens (including phenoxy) is 1. The van der Waals surface area contributed by atoms with E-state index in [1.807, 2.05) is 11.3 Å². The van der Waals surface area contributed by atoms with Crippen molar-refractivity contribution in [3.63, 3.8) is 0 Å². The van der Waals surface area contributed by atoms with E-state index in [9.17, 15) is 0 Å². The second-order valence-electron chi connectivity index (χ2n) is 7.73. The lowest BCUT2D eigenvalue weighted by atomic mass is 9.88. The molecule has 1 fully saturated rings. The van der Waals surface area contributed by atoms with Crippen molar-refractivity contribution >= 4 is 17.3 Å². The lowest BCUT2D eigenvalue weighted by Gasteiger charge is -2.41. The van der Waals surface area contributed by atoms with Crippen LogP contribution in [0.5, 0.6) is 0 Å². The van der Waals surface area contributed by atoms with E-state index in [4.69, 9.17) is 9.73 Å². The molecule has 3 rings (SSSR count). The molecule has 5 nitrogen and oxygen atoms in total. The van der Waals surface area contributed by atoms with Crippen molar-refractivity contribution in [2.75, 3.05) is 26.3 Å². The molecule has 1 aromatic heterocycles. The summed E-state index contributed by atoms with van der Waals surface area (Å²) >= 11 is 1.81. The molecule has 29 heavy (non-hydrogen) atoms. The molecule has 1 aliphatic heterocycles. The van der Waals surface area contributed by atoms with Gasteiger partial charge in [0.1, 0.15) is 0 Å². The average Bonchev–Trinajstić information content (AvgIpc) is 3.16. The Hall–Kier alpha value is -1.89. The monoisotopic (exact) mass is 414 g/mol. The van der Waals surface area contributed by atoms with E-state index >= 15 is 0 Å². The summed E-state index contributed by atoms with van der Waals surface area (Å²) in [4.78, 5) is 7.41. The summed E-state index contributed by atoms with van der Waals surface area (Å²) in [6, 6.07) is 15.2. The number of aryl methyl sites for hydroxylation is 1. The number of nitrogens with one attached hydrogen (secondary N) is 3. The van der Waals surface area contributed by atoms with Gasteiger partial charge in [-0.15, -0.1) is 11.3 Å². The van der Waals surface area contributed by atoms with Gasteiger partial charge in [-0.1, -0.05) is 30.3 Å². The molecule has 1 unspecified atom stereocenters. The van der Waals surface area contributed by atoms with E-state index in [0.29, 0.717) is 6.54 Å². The number of aliphatic imine (C=N–C) groups is 1. The zero-order valence-corrected chi connectivity index (χ0v) is 18.6. The van der Waals surface area contributed by atoms with Gasteiger partial charge < -0.3 is 20.7 Å². The number of thiophene rings is 1. The number of rotatable bonds is 8. The van der Waals surface area contributed by atoms with Gasteiger partial charge in [-0.25, -0.2) is 4.99 Å². The average molecular weight is 415 g/mol. The van der Waals surface area contributed by atoms with Gasteiger partial charge in [0, 0.05) is 47.6 Å². The van der Waals surface area contributed by atoms with Gasteiger partial charge in [-0.05, 0) is 51.3 Å². The van der Waals surface area contributed by atoms with Crippen LogP contribution in [0.4, 0.5) is 0 Å². The SMILES string of the molecule is CCNC(=NCc1ccc(C)s1)NCC1(NC(C)c2ccccc2)CCOCC1. The Morgan fingerprint density at radius 1 is 1.14 bits per heavy atom. The van der Waals surface area contributed by atoms with Crippen LogP contribution in [0.15, 0.2) is 47.5 Å². The predicted molar refractivity (Wildman–Crippen MR) is 123 cm³/mol. The number of guanidine groups is 1. The normalized spacial score (nSPS) is 17.7. The molecule has 1 saturated heterocycles. The first kappa shape index (κ1) is 21.8. The van der Waals surface area contributed by atoms with E-state index in [1.165, 1.54) is 15.3 Å². The summed E-state index contributed by atoms with van der Waals surface area (Å²) in [6.45, 7) is 10.4. The van der Waals surface area contributed by atoms with E-state index in [1.54, 1.807) is 0 Å². The lowest BCUT2D eigenvalue weighted by molar-refractivity contribution is 0.0355. The number of hydrogen-bond donors (Lipinski definition) is 3. The van der Waals surface area contributed by atoms with Gasteiger partial charge in [0.25, 0.3) is 0 Å². The first-order chi connectivity index (χ1) is 14.1. The minimum absolute atomic E-state index is 0.0107. The standard InChI is InChI=1S/C23H34N4OS/c1-4-24-22(25-16-21-11-10-18(2)29-21)26-17-23(12-14-28-15-13-23)27-19(3)20-8-6-5-7-9-20/h5-11,19,27H,4,12-17H2,1-3H3,(H2,24,25,26). The van der Waals surface area contributed by atoms with Crippen LogP contribution in [-0.2, 0) is 11.3 Å². The molecule has 0 radical (unpaired) electrons. The fraction of sp³-hybridized carbons (Fsp3) is 0.522. The van der Waals surface area contributed by atoms with Crippen LogP contribution in [0, 0.1) is 6.92 Å². The lowest BCUT2D eigenvalue weighted by Crippen LogP contribution is -2.58. The van der Waals surface area contributed by atoms with Gasteiger partial charge >= 0.3 is 0 Å². The largest absolute Gasteiger partial charge is 0.381 e. The maximum absolute atomic E-state index is 5.66. The Kier molecular flexibility index (Phi) is 8.09. The first-order valence-electron chi connectivity index (χ1n) is 10.6. The molecule has 1 aromatic carbocycles. The predicted octanol–water partition coefficient (Wildman–Crippen LogP) is 4.01. The maximum atomic E-state index is 5.66.